The zero-order chi connectivity index (χ0) is 72.9. The molecule has 94 heavy (non-hydrogen) atoms. The quantitative estimate of drug-likeness (QED) is 0.0754. The highest BCUT2D eigenvalue weighted by Gasteiger charge is 2.47. The van der Waals surface area contributed by atoms with Crippen LogP contribution in [0.4, 0.5) is 0 Å². The van der Waals surface area contributed by atoms with E-state index in [-0.39, 0.29) is 61.4 Å². The number of carbonyl (C=O) groups is 12. The molecule has 0 unspecified atom stereocenters. The maximum atomic E-state index is 15.3. The van der Waals surface area contributed by atoms with Crippen LogP contribution in [0.3, 0.4) is 0 Å². The average Bonchev–Trinajstić information content (AvgIpc) is 0.815. The number of esters is 1. The molecule has 1 saturated heterocycles. The molecule has 27 heteroatoms. The lowest BCUT2D eigenvalue weighted by atomic mass is 9.91. The number of aliphatic hydroxyl groups is 2. The van der Waals surface area contributed by atoms with Crippen LogP contribution in [0.25, 0.3) is 0 Å². The number of allylic oxidation sites excluding steroid dienone is 2. The van der Waals surface area contributed by atoms with Gasteiger partial charge < -0.3 is 70.5 Å². The van der Waals surface area contributed by atoms with Crippen LogP contribution >= 0.6 is 11.8 Å². The normalized spacial score (nSPS) is 26.3. The second-order valence-corrected chi connectivity index (χ2v) is 29.2. The van der Waals surface area contributed by atoms with Crippen molar-refractivity contribution in [2.45, 2.75) is 241 Å². The van der Waals surface area contributed by atoms with Gasteiger partial charge in [0.2, 0.25) is 65.0 Å². The van der Waals surface area contributed by atoms with E-state index in [9.17, 15) is 39.0 Å². The minimum atomic E-state index is -1.71. The maximum Gasteiger partial charge on any atom is 0.315 e. The number of nitrogens with one attached hydrogen (secondary N) is 4. The number of carbonyl (C=O) groups excluding carboxylic acids is 12. The van der Waals surface area contributed by atoms with Gasteiger partial charge in [-0.3, -0.25) is 57.5 Å². The average molecular weight is 1350 g/mol. The number of likely N-dealkylation sites (N-methyl/N-ethyl adjacent to an activating group) is 7. The highest BCUT2D eigenvalue weighted by atomic mass is 32.2. The van der Waals surface area contributed by atoms with Crippen molar-refractivity contribution >= 4 is 82.7 Å². The SMILES string of the molecule is C/C=C/C[C@@H](C)[C@@H](O)[C@H]1C(=O)N[C@@H](CC)C(=O)N(C)[C@H](CSCC(=O)OC)C(=O)N(C)[C@@H](CC(C)(C)O)C(=O)N[C@H](C(C)C)C(=O)N(C)[C@H](CCC(C)C)C(=O)N[C@H](C)C(=O)N[C@@H](C)C(=O)N(C)[C@@H](CC(C)C)C(=O)N(C)[C@@H](CC(C)C)C(=O)N(C)[C@@H](C(C)C)C(=O)N1C. The van der Waals surface area contributed by atoms with Gasteiger partial charge in [-0.15, -0.1) is 11.8 Å². The lowest BCUT2D eigenvalue weighted by Gasteiger charge is -2.41. The van der Waals surface area contributed by atoms with Crippen LogP contribution in [0.5, 0.6) is 0 Å². The zero-order valence-corrected chi connectivity index (χ0v) is 62.0. The summed E-state index contributed by atoms with van der Waals surface area (Å²) in [6, 6.07) is -15.0. The number of rotatable bonds is 20. The van der Waals surface area contributed by atoms with E-state index in [1.54, 1.807) is 60.6 Å². The second kappa shape index (κ2) is 39.0. The molecule has 6 N–H and O–H groups in total. The molecule has 1 aliphatic heterocycles. The molecule has 1 fully saturated rings. The van der Waals surface area contributed by atoms with Gasteiger partial charge in [0.25, 0.3) is 0 Å². The predicted octanol–water partition coefficient (Wildman–Crippen LogP) is 3.05. The van der Waals surface area contributed by atoms with Crippen LogP contribution in [0.2, 0.25) is 0 Å². The number of hydrogen-bond acceptors (Lipinski definition) is 16. The first-order valence-electron chi connectivity index (χ1n) is 33.1. The molecule has 0 aliphatic carbocycles. The van der Waals surface area contributed by atoms with Crippen molar-refractivity contribution < 1.29 is 72.5 Å². The Morgan fingerprint density at radius 3 is 1.48 bits per heavy atom. The molecule has 26 nitrogen and oxygen atoms in total. The van der Waals surface area contributed by atoms with E-state index in [0.717, 1.165) is 26.5 Å². The van der Waals surface area contributed by atoms with Gasteiger partial charge in [0.1, 0.15) is 66.5 Å². The van der Waals surface area contributed by atoms with Crippen LogP contribution in [0.15, 0.2) is 12.2 Å². The molecule has 0 aromatic carbocycles. The first-order chi connectivity index (χ1) is 43.4. The maximum absolute atomic E-state index is 15.3. The molecular formula is C67H119N11O15S. The Morgan fingerprint density at radius 1 is 0.553 bits per heavy atom. The van der Waals surface area contributed by atoms with E-state index >= 15 is 28.8 Å². The first kappa shape index (κ1) is 85.7. The second-order valence-electron chi connectivity index (χ2n) is 28.1. The Kier molecular flexibility index (Phi) is 35.5. The van der Waals surface area contributed by atoms with Gasteiger partial charge in [0, 0.05) is 61.5 Å². The Hall–Kier alpha value is -6.35. The number of thioether (sulfide) groups is 1. The predicted molar refractivity (Wildman–Crippen MR) is 363 cm³/mol. The fraction of sp³-hybridized carbons (Fsp3) is 0.791. The highest BCUT2D eigenvalue weighted by molar-refractivity contribution is 8.00. The third-order valence-corrected chi connectivity index (χ3v) is 18.4. The molecule has 538 valence electrons. The largest absolute Gasteiger partial charge is 0.468 e. The summed E-state index contributed by atoms with van der Waals surface area (Å²) >= 11 is 0.936. The molecule has 13 atom stereocenters. The van der Waals surface area contributed by atoms with Gasteiger partial charge in [-0.1, -0.05) is 95.2 Å². The van der Waals surface area contributed by atoms with E-state index in [1.807, 2.05) is 41.5 Å². The molecule has 1 aliphatic rings. The van der Waals surface area contributed by atoms with Crippen LogP contribution in [0.1, 0.15) is 163 Å². The summed E-state index contributed by atoms with van der Waals surface area (Å²) in [6.07, 6.45) is 2.52. The molecule has 0 radical (unpaired) electrons. The number of ether oxygens (including phenoxy) is 1. The lowest BCUT2D eigenvalue weighted by molar-refractivity contribution is -0.157. The van der Waals surface area contributed by atoms with E-state index < -0.39 is 173 Å². The van der Waals surface area contributed by atoms with Crippen molar-refractivity contribution in [1.82, 2.24) is 55.6 Å². The van der Waals surface area contributed by atoms with E-state index in [2.05, 4.69) is 21.3 Å². The van der Waals surface area contributed by atoms with Gasteiger partial charge >= 0.3 is 5.97 Å². The lowest BCUT2D eigenvalue weighted by Crippen LogP contribution is -2.64. The fourth-order valence-electron chi connectivity index (χ4n) is 11.4. The molecular weight excluding hydrogens is 1230 g/mol. The van der Waals surface area contributed by atoms with Crippen molar-refractivity contribution in [2.75, 3.05) is 67.9 Å². The van der Waals surface area contributed by atoms with E-state index in [1.165, 1.54) is 104 Å². The molecule has 0 aromatic rings. The number of nitrogens with zero attached hydrogens (tertiary/aromatic N) is 7. The smallest absolute Gasteiger partial charge is 0.315 e. The Balaban J connectivity index is 4.59. The molecule has 0 aromatic heterocycles. The molecule has 0 spiro atoms. The fourth-order valence-corrected chi connectivity index (χ4v) is 12.4. The van der Waals surface area contributed by atoms with Gasteiger partial charge in [-0.25, -0.2) is 0 Å². The number of hydrogen-bond donors (Lipinski definition) is 6. The van der Waals surface area contributed by atoms with Crippen molar-refractivity contribution in [3.63, 3.8) is 0 Å². The van der Waals surface area contributed by atoms with Crippen LogP contribution in [-0.4, -0.2) is 262 Å². The summed E-state index contributed by atoms with van der Waals surface area (Å²) in [6.45, 7) is 28.7. The third-order valence-electron chi connectivity index (χ3n) is 17.4. The monoisotopic (exact) mass is 1350 g/mol. The molecule has 1 heterocycles. The molecule has 0 saturated carbocycles. The Labute approximate surface area is 564 Å². The number of aliphatic hydroxyl groups excluding tert-OH is 1. The van der Waals surface area contributed by atoms with Crippen LogP contribution in [0, 0.1) is 35.5 Å². The minimum absolute atomic E-state index is 0.0474. The molecule has 11 amide bonds. The van der Waals surface area contributed by atoms with E-state index in [4.69, 9.17) is 4.74 Å². The summed E-state index contributed by atoms with van der Waals surface area (Å²) < 4.78 is 4.86. The van der Waals surface area contributed by atoms with Crippen molar-refractivity contribution in [1.29, 1.82) is 0 Å². The summed E-state index contributed by atoms with van der Waals surface area (Å²) in [5, 5.41) is 34.5. The topological polar surface area (TPSA) is 325 Å². The van der Waals surface area contributed by atoms with Crippen molar-refractivity contribution in [3.05, 3.63) is 12.2 Å². The third kappa shape index (κ3) is 24.7. The number of amides is 11. The minimum Gasteiger partial charge on any atom is -0.468 e. The Bertz CT molecular complexity index is 2610. The Morgan fingerprint density at radius 2 is 1.01 bits per heavy atom. The molecule has 1 rings (SSSR count). The highest BCUT2D eigenvalue weighted by Crippen LogP contribution is 2.27. The molecule has 0 bridgehead atoms. The summed E-state index contributed by atoms with van der Waals surface area (Å²) in [5.41, 5.74) is -1.64. The van der Waals surface area contributed by atoms with Gasteiger partial charge in [0.05, 0.1) is 24.6 Å². The van der Waals surface area contributed by atoms with Crippen molar-refractivity contribution in [3.8, 4) is 0 Å². The first-order valence-corrected chi connectivity index (χ1v) is 34.3. The van der Waals surface area contributed by atoms with Gasteiger partial charge in [-0.05, 0) is 109 Å². The summed E-state index contributed by atoms with van der Waals surface area (Å²) in [5.74, 6) is -11.9. The standard InChI is InChI=1S/C67H119N11O15S/c1-26-28-29-42(13)55(80)54-59(84)70-45(27-2)61(86)76(22)50(35-94-36-51(79)93-25)64(89)75(21)49(34-67(16,17)92)58(83)71-52(40(9)10)65(90)72(18)46(31-30-37(3)4)57(82)68-43(14)56(81)69-44(15)60(85)73(19)47(32-38(5)6)62(87)74(20)48(33-39(7)8)63(88)77(23)53(41(11)12)66(91)78(54)24/h26,28,37-50,52-55,80,92H,27,29-36H2,1-25H3,(H,68,82)(H,69,81)(H,70,84)(H,71,83)/b28-26+/t42-,43-,44+,45+,46-,47+,48+,49+,50-,52-,53+,54+,55-/m1/s1. The summed E-state index contributed by atoms with van der Waals surface area (Å²) in [4.78, 5) is 184. The van der Waals surface area contributed by atoms with Gasteiger partial charge in [-0.2, -0.15) is 0 Å². The summed E-state index contributed by atoms with van der Waals surface area (Å²) in [7, 11) is 10.8. The van der Waals surface area contributed by atoms with Crippen molar-refractivity contribution in [2.24, 2.45) is 35.5 Å². The number of methoxy groups -OCH3 is 1. The van der Waals surface area contributed by atoms with Crippen LogP contribution in [-0.2, 0) is 62.3 Å². The zero-order valence-electron chi connectivity index (χ0n) is 61.2. The van der Waals surface area contributed by atoms with Crippen LogP contribution < -0.4 is 21.3 Å². The van der Waals surface area contributed by atoms with Gasteiger partial charge in [0.15, 0.2) is 0 Å². The van der Waals surface area contributed by atoms with E-state index in [0.29, 0.717) is 6.42 Å².